The SMILES string of the molecule is COc1cc(=O)n(C)cc1-c1cc([N+](=O)[O-])ccc1CN1C[CH]CCC1. The van der Waals surface area contributed by atoms with Gasteiger partial charge in [0.1, 0.15) is 5.75 Å². The Labute approximate surface area is 152 Å². The van der Waals surface area contributed by atoms with Crippen LogP contribution in [0.15, 0.2) is 35.3 Å². The van der Waals surface area contributed by atoms with Gasteiger partial charge < -0.3 is 9.30 Å². The summed E-state index contributed by atoms with van der Waals surface area (Å²) in [5.41, 5.74) is 2.20. The second kappa shape index (κ2) is 7.70. The molecule has 1 radical (unpaired) electrons. The summed E-state index contributed by atoms with van der Waals surface area (Å²) in [5.74, 6) is 0.417. The van der Waals surface area contributed by atoms with E-state index in [4.69, 9.17) is 4.74 Å². The Morgan fingerprint density at radius 1 is 1.27 bits per heavy atom. The van der Waals surface area contributed by atoms with E-state index >= 15 is 0 Å². The third-order valence-corrected chi connectivity index (χ3v) is 4.67. The van der Waals surface area contributed by atoms with Crippen LogP contribution in [0.2, 0.25) is 0 Å². The first-order valence-corrected chi connectivity index (χ1v) is 8.56. The maximum atomic E-state index is 11.9. The molecule has 137 valence electrons. The molecule has 1 aromatic heterocycles. The van der Waals surface area contributed by atoms with Gasteiger partial charge in [-0.1, -0.05) is 6.07 Å². The van der Waals surface area contributed by atoms with Crippen LogP contribution in [0.4, 0.5) is 5.69 Å². The number of nitro benzene ring substituents is 1. The van der Waals surface area contributed by atoms with Gasteiger partial charge in [0.25, 0.3) is 11.2 Å². The van der Waals surface area contributed by atoms with Gasteiger partial charge in [-0.3, -0.25) is 19.8 Å². The lowest BCUT2D eigenvalue weighted by Crippen LogP contribution is -2.29. The highest BCUT2D eigenvalue weighted by atomic mass is 16.6. The van der Waals surface area contributed by atoms with Gasteiger partial charge in [-0.25, -0.2) is 0 Å². The van der Waals surface area contributed by atoms with Crippen molar-refractivity contribution in [2.75, 3.05) is 20.2 Å². The average Bonchev–Trinajstić information content (AvgIpc) is 2.64. The van der Waals surface area contributed by atoms with Gasteiger partial charge in [-0.05, 0) is 36.9 Å². The molecule has 1 saturated heterocycles. The fourth-order valence-electron chi connectivity index (χ4n) is 3.26. The molecule has 1 aliphatic heterocycles. The molecule has 0 bridgehead atoms. The highest BCUT2D eigenvalue weighted by Gasteiger charge is 2.19. The second-order valence-electron chi connectivity index (χ2n) is 6.47. The zero-order valence-electron chi connectivity index (χ0n) is 15.0. The molecule has 0 unspecified atom stereocenters. The first kappa shape index (κ1) is 18.1. The molecule has 0 aliphatic carbocycles. The standard InChI is InChI=1S/C19H22N3O4/c1-20-13-17(18(26-2)11-19(20)23)16-10-15(22(24)25)7-6-14(16)12-21-8-4-3-5-9-21/h4,6-7,10-11,13H,3,5,8-9,12H2,1-2H3. The monoisotopic (exact) mass is 356 g/mol. The lowest BCUT2D eigenvalue weighted by molar-refractivity contribution is -0.384. The third-order valence-electron chi connectivity index (χ3n) is 4.67. The van der Waals surface area contributed by atoms with Gasteiger partial charge >= 0.3 is 0 Å². The Bertz CT molecular complexity index is 870. The predicted molar refractivity (Wildman–Crippen MR) is 99.1 cm³/mol. The van der Waals surface area contributed by atoms with Gasteiger partial charge in [0.05, 0.1) is 12.0 Å². The van der Waals surface area contributed by atoms with E-state index in [1.807, 2.05) is 0 Å². The van der Waals surface area contributed by atoms with Crippen molar-refractivity contribution in [3.63, 3.8) is 0 Å². The van der Waals surface area contributed by atoms with Gasteiger partial charge in [-0.15, -0.1) is 0 Å². The number of nitrogens with zero attached hydrogens (tertiary/aromatic N) is 3. The van der Waals surface area contributed by atoms with E-state index in [-0.39, 0.29) is 11.2 Å². The molecule has 3 rings (SSSR count). The Balaban J connectivity index is 2.11. The maximum Gasteiger partial charge on any atom is 0.270 e. The van der Waals surface area contributed by atoms with Crippen molar-refractivity contribution in [1.82, 2.24) is 9.47 Å². The molecule has 0 saturated carbocycles. The summed E-state index contributed by atoms with van der Waals surface area (Å²) in [6.45, 7) is 2.59. The average molecular weight is 356 g/mol. The number of non-ortho nitro benzene ring substituents is 1. The van der Waals surface area contributed by atoms with E-state index < -0.39 is 4.92 Å². The number of methoxy groups -OCH3 is 1. The molecule has 0 N–H and O–H groups in total. The Hall–Kier alpha value is -2.67. The van der Waals surface area contributed by atoms with E-state index in [2.05, 4.69) is 11.3 Å². The third kappa shape index (κ3) is 3.77. The number of piperidine rings is 1. The Morgan fingerprint density at radius 3 is 2.73 bits per heavy atom. The number of pyridine rings is 1. The molecule has 26 heavy (non-hydrogen) atoms. The van der Waals surface area contributed by atoms with Crippen molar-refractivity contribution in [2.45, 2.75) is 19.4 Å². The fourth-order valence-corrected chi connectivity index (χ4v) is 3.26. The van der Waals surface area contributed by atoms with E-state index in [1.165, 1.54) is 23.8 Å². The molecule has 7 heteroatoms. The fraction of sp³-hybridized carbons (Fsp3) is 0.368. The number of aromatic nitrogens is 1. The molecular weight excluding hydrogens is 334 g/mol. The van der Waals surface area contributed by atoms with Gasteiger partial charge in [0.2, 0.25) is 0 Å². The summed E-state index contributed by atoms with van der Waals surface area (Å²) in [4.78, 5) is 25.1. The van der Waals surface area contributed by atoms with E-state index in [0.29, 0.717) is 17.9 Å². The molecular formula is C19H22N3O4. The summed E-state index contributed by atoms with van der Waals surface area (Å²) >= 11 is 0. The van der Waals surface area contributed by atoms with Crippen LogP contribution in [0.3, 0.4) is 0 Å². The summed E-state index contributed by atoms with van der Waals surface area (Å²) in [6, 6.07) is 6.30. The van der Waals surface area contributed by atoms with Crippen molar-refractivity contribution in [2.24, 2.45) is 7.05 Å². The first-order chi connectivity index (χ1) is 12.5. The molecule has 2 aromatic rings. The highest BCUT2D eigenvalue weighted by Crippen LogP contribution is 2.34. The molecule has 1 fully saturated rings. The van der Waals surface area contributed by atoms with Crippen LogP contribution in [-0.4, -0.2) is 34.6 Å². The molecule has 1 aromatic carbocycles. The normalized spacial score (nSPS) is 15.0. The minimum Gasteiger partial charge on any atom is -0.496 e. The maximum absolute atomic E-state index is 11.9. The molecule has 7 nitrogen and oxygen atoms in total. The number of hydrogen-bond donors (Lipinski definition) is 0. The minimum absolute atomic E-state index is 0.0184. The van der Waals surface area contributed by atoms with Crippen molar-refractivity contribution in [3.05, 3.63) is 62.9 Å². The number of aryl methyl sites for hydroxylation is 1. The quantitative estimate of drug-likeness (QED) is 0.608. The Morgan fingerprint density at radius 2 is 2.08 bits per heavy atom. The van der Waals surface area contributed by atoms with Crippen LogP contribution in [-0.2, 0) is 13.6 Å². The van der Waals surface area contributed by atoms with Crippen LogP contribution in [0.5, 0.6) is 5.75 Å². The van der Waals surface area contributed by atoms with Crippen molar-refractivity contribution < 1.29 is 9.66 Å². The molecule has 2 heterocycles. The number of benzene rings is 1. The topological polar surface area (TPSA) is 77.6 Å². The molecule has 0 atom stereocenters. The lowest BCUT2D eigenvalue weighted by atomic mass is 9.98. The van der Waals surface area contributed by atoms with Gasteiger partial charge in [-0.2, -0.15) is 0 Å². The first-order valence-electron chi connectivity index (χ1n) is 8.56. The summed E-state index contributed by atoms with van der Waals surface area (Å²) in [6.07, 6.45) is 6.16. The number of rotatable bonds is 5. The second-order valence-corrected chi connectivity index (χ2v) is 6.47. The number of likely N-dealkylation sites (tertiary alicyclic amines) is 1. The number of ether oxygens (including phenoxy) is 1. The minimum atomic E-state index is -0.406. The van der Waals surface area contributed by atoms with Crippen LogP contribution in [0, 0.1) is 16.5 Å². The summed E-state index contributed by atoms with van der Waals surface area (Å²) < 4.78 is 6.83. The smallest absolute Gasteiger partial charge is 0.270 e. The Kier molecular flexibility index (Phi) is 5.37. The summed E-state index contributed by atoms with van der Waals surface area (Å²) in [7, 11) is 3.15. The van der Waals surface area contributed by atoms with Crippen LogP contribution < -0.4 is 10.3 Å². The van der Waals surface area contributed by atoms with Crippen LogP contribution in [0.1, 0.15) is 18.4 Å². The summed E-state index contributed by atoms with van der Waals surface area (Å²) in [5, 5.41) is 11.3. The number of nitro groups is 1. The zero-order chi connectivity index (χ0) is 18.7. The van der Waals surface area contributed by atoms with Gasteiger partial charge in [0.15, 0.2) is 0 Å². The molecule has 0 amide bonds. The largest absolute Gasteiger partial charge is 0.496 e. The van der Waals surface area contributed by atoms with E-state index in [0.717, 1.165) is 37.1 Å². The molecule has 0 spiro atoms. The van der Waals surface area contributed by atoms with E-state index in [1.54, 1.807) is 25.4 Å². The highest BCUT2D eigenvalue weighted by molar-refractivity contribution is 5.74. The predicted octanol–water partition coefficient (Wildman–Crippen LogP) is 2.77. The van der Waals surface area contributed by atoms with Crippen molar-refractivity contribution in [3.8, 4) is 16.9 Å². The van der Waals surface area contributed by atoms with Crippen LogP contribution >= 0.6 is 0 Å². The van der Waals surface area contributed by atoms with E-state index in [9.17, 15) is 14.9 Å². The molecule has 1 aliphatic rings. The number of hydrogen-bond acceptors (Lipinski definition) is 5. The lowest BCUT2D eigenvalue weighted by Gasteiger charge is -2.27. The van der Waals surface area contributed by atoms with Gasteiger partial charge in [0, 0.05) is 50.1 Å². The van der Waals surface area contributed by atoms with Crippen molar-refractivity contribution >= 4 is 5.69 Å². The zero-order valence-corrected chi connectivity index (χ0v) is 15.0. The van der Waals surface area contributed by atoms with Crippen molar-refractivity contribution in [1.29, 1.82) is 0 Å². The van der Waals surface area contributed by atoms with Crippen LogP contribution in [0.25, 0.3) is 11.1 Å².